The van der Waals surface area contributed by atoms with E-state index in [2.05, 4.69) is 11.8 Å². The molecule has 80 valence electrons. The molecule has 0 heterocycles. The summed E-state index contributed by atoms with van der Waals surface area (Å²) >= 11 is 0. The van der Waals surface area contributed by atoms with Gasteiger partial charge in [0.15, 0.2) is 6.79 Å². The summed E-state index contributed by atoms with van der Waals surface area (Å²) in [4.78, 5) is 0. The molecule has 2 nitrogen and oxygen atoms in total. The van der Waals surface area contributed by atoms with E-state index in [0.717, 1.165) is 5.56 Å². The maximum Gasteiger partial charge on any atom is 0.188 e. The summed E-state index contributed by atoms with van der Waals surface area (Å²) < 4.78 is 22.9. The van der Waals surface area contributed by atoms with Gasteiger partial charge in [0.05, 0.1) is 0 Å². The van der Waals surface area contributed by atoms with Crippen LogP contribution in [0.3, 0.4) is 0 Å². The molecule has 1 rings (SSSR count). The highest BCUT2D eigenvalue weighted by molar-refractivity contribution is 5.36. The number of halogens is 1. The van der Waals surface area contributed by atoms with Crippen LogP contribution in [-0.4, -0.2) is 13.9 Å². The van der Waals surface area contributed by atoms with E-state index in [1.807, 2.05) is 0 Å². The fraction of sp³-hybridized carbons (Fsp3) is 0.333. The third kappa shape index (κ3) is 3.61. The van der Waals surface area contributed by atoms with Crippen LogP contribution in [0.1, 0.15) is 12.5 Å². The second-order valence-electron chi connectivity index (χ2n) is 2.91. The minimum atomic E-state index is -0.325. The van der Waals surface area contributed by atoms with Gasteiger partial charge in [-0.3, -0.25) is 0 Å². The molecule has 0 saturated carbocycles. The fourth-order valence-electron chi connectivity index (χ4n) is 1.11. The molecule has 0 spiro atoms. The van der Waals surface area contributed by atoms with Crippen molar-refractivity contribution < 1.29 is 13.9 Å². The molecule has 0 aliphatic carbocycles. The number of rotatable bonds is 4. The molecule has 0 atom stereocenters. The van der Waals surface area contributed by atoms with E-state index in [1.54, 1.807) is 13.0 Å². The van der Waals surface area contributed by atoms with Gasteiger partial charge in [-0.05, 0) is 13.0 Å². The summed E-state index contributed by atoms with van der Waals surface area (Å²) in [7, 11) is 1.52. The monoisotopic (exact) mass is 208 g/mol. The molecule has 0 aliphatic rings. The van der Waals surface area contributed by atoms with Crippen molar-refractivity contribution in [3.05, 3.63) is 29.6 Å². The smallest absolute Gasteiger partial charge is 0.188 e. The summed E-state index contributed by atoms with van der Waals surface area (Å²) in [5.41, 5.74) is 0.864. The quantitative estimate of drug-likeness (QED) is 0.558. The Morgan fingerprint density at radius 3 is 2.87 bits per heavy atom. The Balaban J connectivity index is 2.85. The number of methoxy groups -OCH3 is 1. The van der Waals surface area contributed by atoms with Crippen LogP contribution in [-0.2, 0) is 11.2 Å². The van der Waals surface area contributed by atoms with E-state index in [1.165, 1.54) is 19.2 Å². The Kier molecular flexibility index (Phi) is 4.65. The van der Waals surface area contributed by atoms with Crippen LogP contribution in [0.25, 0.3) is 0 Å². The van der Waals surface area contributed by atoms with Gasteiger partial charge in [0, 0.05) is 25.2 Å². The Morgan fingerprint density at radius 2 is 2.20 bits per heavy atom. The van der Waals surface area contributed by atoms with Crippen molar-refractivity contribution in [3.63, 3.8) is 0 Å². The van der Waals surface area contributed by atoms with Crippen molar-refractivity contribution in [1.29, 1.82) is 0 Å². The summed E-state index contributed by atoms with van der Waals surface area (Å²) in [5, 5.41) is 0. The van der Waals surface area contributed by atoms with Crippen LogP contribution < -0.4 is 4.74 Å². The summed E-state index contributed by atoms with van der Waals surface area (Å²) in [5.74, 6) is 5.85. The summed E-state index contributed by atoms with van der Waals surface area (Å²) in [6.45, 7) is 1.87. The predicted octanol–water partition coefficient (Wildman–Crippen LogP) is 2.37. The van der Waals surface area contributed by atoms with Gasteiger partial charge >= 0.3 is 0 Å². The minimum absolute atomic E-state index is 0.107. The summed E-state index contributed by atoms with van der Waals surface area (Å²) in [6.07, 6.45) is 0.551. The van der Waals surface area contributed by atoms with Gasteiger partial charge in [-0.25, -0.2) is 4.39 Å². The maximum absolute atomic E-state index is 12.9. The Labute approximate surface area is 89.0 Å². The lowest BCUT2D eigenvalue weighted by Gasteiger charge is -2.08. The number of ether oxygens (including phenoxy) is 2. The molecule has 0 aromatic heterocycles. The molecule has 0 unspecified atom stereocenters. The Morgan fingerprint density at radius 1 is 1.40 bits per heavy atom. The van der Waals surface area contributed by atoms with Gasteiger partial charge in [0.2, 0.25) is 0 Å². The molecule has 0 aliphatic heterocycles. The number of hydrogen-bond acceptors (Lipinski definition) is 2. The maximum atomic E-state index is 12.9. The molecule has 1 aromatic carbocycles. The molecule has 0 amide bonds. The molecule has 0 bridgehead atoms. The number of hydrogen-bond donors (Lipinski definition) is 0. The van der Waals surface area contributed by atoms with E-state index in [9.17, 15) is 4.39 Å². The van der Waals surface area contributed by atoms with E-state index in [4.69, 9.17) is 9.47 Å². The number of benzene rings is 1. The van der Waals surface area contributed by atoms with Gasteiger partial charge in [-0.1, -0.05) is 12.0 Å². The molecular weight excluding hydrogens is 195 g/mol. The highest BCUT2D eigenvalue weighted by Gasteiger charge is 2.04. The van der Waals surface area contributed by atoms with E-state index >= 15 is 0 Å². The SMILES string of the molecule is CC#CCc1ccc(F)cc1OCOC. The molecule has 0 N–H and O–H groups in total. The normalized spacial score (nSPS) is 9.27. The average Bonchev–Trinajstić information content (AvgIpc) is 2.25. The van der Waals surface area contributed by atoms with Crippen molar-refractivity contribution in [1.82, 2.24) is 0 Å². The third-order valence-electron chi connectivity index (χ3n) is 1.82. The zero-order valence-electron chi connectivity index (χ0n) is 8.84. The lowest BCUT2D eigenvalue weighted by Crippen LogP contribution is -2.02. The van der Waals surface area contributed by atoms with Gasteiger partial charge in [0.1, 0.15) is 11.6 Å². The molecule has 0 saturated heterocycles. The van der Waals surface area contributed by atoms with Gasteiger partial charge in [-0.2, -0.15) is 0 Å². The minimum Gasteiger partial charge on any atom is -0.467 e. The standard InChI is InChI=1S/C12H13FO2/c1-3-4-5-10-6-7-11(13)8-12(10)15-9-14-2/h6-8H,5,9H2,1-2H3. The van der Waals surface area contributed by atoms with Crippen LogP contribution in [0.5, 0.6) is 5.75 Å². The average molecular weight is 208 g/mol. The zero-order valence-corrected chi connectivity index (χ0v) is 8.84. The first kappa shape index (κ1) is 11.5. The Bertz CT molecular complexity index is 377. The summed E-state index contributed by atoms with van der Waals surface area (Å²) in [6, 6.07) is 4.41. The van der Waals surface area contributed by atoms with E-state index in [-0.39, 0.29) is 12.6 Å². The highest BCUT2D eigenvalue weighted by atomic mass is 19.1. The van der Waals surface area contributed by atoms with Crippen molar-refractivity contribution >= 4 is 0 Å². The van der Waals surface area contributed by atoms with Crippen LogP contribution in [0.2, 0.25) is 0 Å². The topological polar surface area (TPSA) is 18.5 Å². The molecule has 3 heteroatoms. The second-order valence-corrected chi connectivity index (χ2v) is 2.91. The van der Waals surface area contributed by atoms with E-state index in [0.29, 0.717) is 12.2 Å². The van der Waals surface area contributed by atoms with Crippen molar-refractivity contribution in [2.45, 2.75) is 13.3 Å². The Hall–Kier alpha value is -1.53. The van der Waals surface area contributed by atoms with Crippen LogP contribution in [0.4, 0.5) is 4.39 Å². The highest BCUT2D eigenvalue weighted by Crippen LogP contribution is 2.20. The third-order valence-corrected chi connectivity index (χ3v) is 1.82. The van der Waals surface area contributed by atoms with Crippen molar-refractivity contribution in [3.8, 4) is 17.6 Å². The first-order valence-electron chi connectivity index (χ1n) is 4.57. The van der Waals surface area contributed by atoms with Crippen LogP contribution >= 0.6 is 0 Å². The van der Waals surface area contributed by atoms with Crippen molar-refractivity contribution in [2.75, 3.05) is 13.9 Å². The second kappa shape index (κ2) is 6.05. The van der Waals surface area contributed by atoms with Crippen molar-refractivity contribution in [2.24, 2.45) is 0 Å². The van der Waals surface area contributed by atoms with E-state index < -0.39 is 0 Å². The van der Waals surface area contributed by atoms with Gasteiger partial charge in [-0.15, -0.1) is 5.92 Å². The molecule has 0 fully saturated rings. The first-order valence-corrected chi connectivity index (χ1v) is 4.57. The molecular formula is C12H13FO2. The fourth-order valence-corrected chi connectivity index (χ4v) is 1.11. The molecule has 15 heavy (non-hydrogen) atoms. The van der Waals surface area contributed by atoms with Crippen LogP contribution in [0.15, 0.2) is 18.2 Å². The lowest BCUT2D eigenvalue weighted by molar-refractivity contribution is 0.0503. The zero-order chi connectivity index (χ0) is 11.1. The largest absolute Gasteiger partial charge is 0.467 e. The lowest BCUT2D eigenvalue weighted by atomic mass is 10.1. The first-order chi connectivity index (χ1) is 7.27. The molecule has 1 aromatic rings. The predicted molar refractivity (Wildman–Crippen MR) is 56.1 cm³/mol. The molecule has 0 radical (unpaired) electrons. The van der Waals surface area contributed by atoms with Crippen LogP contribution in [0, 0.1) is 17.7 Å². The van der Waals surface area contributed by atoms with Gasteiger partial charge in [0.25, 0.3) is 0 Å². The van der Waals surface area contributed by atoms with Gasteiger partial charge < -0.3 is 9.47 Å².